The Morgan fingerprint density at radius 1 is 1.00 bits per heavy atom. The molecule has 0 radical (unpaired) electrons. The highest BCUT2D eigenvalue weighted by molar-refractivity contribution is 7.99. The van der Waals surface area contributed by atoms with Gasteiger partial charge in [-0.3, -0.25) is 9.36 Å². The number of amides is 1. The summed E-state index contributed by atoms with van der Waals surface area (Å²) < 4.78 is 1.99. The number of rotatable bonds is 8. The van der Waals surface area contributed by atoms with E-state index in [-0.39, 0.29) is 17.1 Å². The zero-order chi connectivity index (χ0) is 28.3. The number of halogens is 2. The molecular formula is C30H27Cl2N5OS2. The topological polar surface area (TPSA) is 72.7 Å². The smallest absolute Gasteiger partial charge is 0.236 e. The van der Waals surface area contributed by atoms with Gasteiger partial charge in [-0.1, -0.05) is 104 Å². The van der Waals surface area contributed by atoms with Gasteiger partial charge in [0.25, 0.3) is 0 Å². The third-order valence-electron chi connectivity index (χ3n) is 6.17. The molecule has 40 heavy (non-hydrogen) atoms. The van der Waals surface area contributed by atoms with Crippen molar-refractivity contribution in [3.8, 4) is 17.1 Å². The minimum Gasteiger partial charge on any atom is -0.301 e. The largest absolute Gasteiger partial charge is 0.301 e. The lowest BCUT2D eigenvalue weighted by Gasteiger charge is -2.19. The molecule has 0 saturated carbocycles. The average Bonchev–Trinajstić information content (AvgIpc) is 3.56. The highest BCUT2D eigenvalue weighted by Crippen LogP contribution is 2.31. The van der Waals surface area contributed by atoms with Crippen LogP contribution in [0.25, 0.3) is 17.1 Å². The molecular weight excluding hydrogens is 581 g/mol. The number of carbonyl (C=O) groups excluding carboxylic acids is 1. The van der Waals surface area contributed by atoms with E-state index in [2.05, 4.69) is 65.5 Å². The van der Waals surface area contributed by atoms with Crippen LogP contribution in [-0.4, -0.2) is 31.4 Å². The number of hydrogen-bond donors (Lipinski definition) is 1. The first kappa shape index (κ1) is 28.4. The Morgan fingerprint density at radius 3 is 2.45 bits per heavy atom. The van der Waals surface area contributed by atoms with Crippen molar-refractivity contribution in [2.45, 2.75) is 37.8 Å². The van der Waals surface area contributed by atoms with E-state index < -0.39 is 0 Å². The summed E-state index contributed by atoms with van der Waals surface area (Å²) in [7, 11) is 0. The number of thiazole rings is 1. The predicted molar refractivity (Wildman–Crippen MR) is 166 cm³/mol. The molecule has 3 aromatic carbocycles. The first-order valence-electron chi connectivity index (χ1n) is 12.6. The van der Waals surface area contributed by atoms with Crippen molar-refractivity contribution >= 4 is 57.3 Å². The zero-order valence-corrected chi connectivity index (χ0v) is 25.3. The van der Waals surface area contributed by atoms with E-state index in [1.54, 1.807) is 12.3 Å². The number of para-hydroxylation sites is 1. The first-order valence-corrected chi connectivity index (χ1v) is 15.2. The molecule has 0 spiro atoms. The van der Waals surface area contributed by atoms with E-state index in [1.807, 2.05) is 47.0 Å². The van der Waals surface area contributed by atoms with Gasteiger partial charge in [0.2, 0.25) is 5.91 Å². The van der Waals surface area contributed by atoms with Crippen LogP contribution in [0.3, 0.4) is 0 Å². The monoisotopic (exact) mass is 607 g/mol. The van der Waals surface area contributed by atoms with Crippen molar-refractivity contribution in [2.24, 2.45) is 0 Å². The fraction of sp³-hybridized carbons (Fsp3) is 0.200. The number of hydrogen-bond acceptors (Lipinski definition) is 6. The van der Waals surface area contributed by atoms with Crippen LogP contribution in [0.5, 0.6) is 0 Å². The summed E-state index contributed by atoms with van der Waals surface area (Å²) >= 11 is 15.1. The molecule has 1 N–H and O–H groups in total. The normalized spacial score (nSPS) is 11.5. The molecule has 0 fully saturated rings. The number of nitrogens with one attached hydrogen (secondary N) is 1. The van der Waals surface area contributed by atoms with Crippen LogP contribution >= 0.6 is 46.3 Å². The highest BCUT2D eigenvalue weighted by atomic mass is 35.5. The second kappa shape index (κ2) is 12.1. The lowest BCUT2D eigenvalue weighted by atomic mass is 9.87. The fourth-order valence-corrected chi connectivity index (χ4v) is 6.14. The maximum absolute atomic E-state index is 12.8. The molecule has 0 aliphatic carbocycles. The second-order valence-electron chi connectivity index (χ2n) is 10.2. The summed E-state index contributed by atoms with van der Waals surface area (Å²) in [6.07, 6.45) is 2.36. The number of nitrogens with zero attached hydrogens (tertiary/aromatic N) is 4. The van der Waals surface area contributed by atoms with E-state index in [4.69, 9.17) is 23.2 Å². The number of anilines is 1. The van der Waals surface area contributed by atoms with Crippen LogP contribution < -0.4 is 5.32 Å². The van der Waals surface area contributed by atoms with Gasteiger partial charge in [0.05, 0.1) is 5.75 Å². The molecule has 0 atom stereocenters. The van der Waals surface area contributed by atoms with Gasteiger partial charge in [-0.2, -0.15) is 0 Å². The maximum atomic E-state index is 12.8. The Kier molecular flexibility index (Phi) is 8.61. The number of aromatic nitrogens is 4. The molecule has 5 aromatic rings. The van der Waals surface area contributed by atoms with E-state index in [9.17, 15) is 4.79 Å². The molecule has 0 aliphatic heterocycles. The number of benzene rings is 3. The van der Waals surface area contributed by atoms with Crippen LogP contribution in [0.4, 0.5) is 5.13 Å². The molecule has 0 unspecified atom stereocenters. The van der Waals surface area contributed by atoms with Crippen molar-refractivity contribution in [2.75, 3.05) is 11.1 Å². The van der Waals surface area contributed by atoms with Gasteiger partial charge in [-0.15, -0.1) is 21.5 Å². The van der Waals surface area contributed by atoms with Crippen molar-refractivity contribution in [3.05, 3.63) is 105 Å². The van der Waals surface area contributed by atoms with Crippen molar-refractivity contribution in [1.82, 2.24) is 19.7 Å². The molecule has 2 heterocycles. The Hall–Kier alpha value is -3.17. The Balaban J connectivity index is 1.29. The van der Waals surface area contributed by atoms with Gasteiger partial charge in [-0.05, 0) is 40.8 Å². The second-order valence-corrected chi connectivity index (χ2v) is 13.1. The van der Waals surface area contributed by atoms with Gasteiger partial charge in [0, 0.05) is 38.8 Å². The molecule has 6 nitrogen and oxygen atoms in total. The lowest BCUT2D eigenvalue weighted by Crippen LogP contribution is -2.14. The molecule has 2 aromatic heterocycles. The van der Waals surface area contributed by atoms with Crippen molar-refractivity contribution in [3.63, 3.8) is 0 Å². The number of carbonyl (C=O) groups is 1. The molecule has 10 heteroatoms. The van der Waals surface area contributed by atoms with Crippen LogP contribution in [0.15, 0.2) is 84.1 Å². The summed E-state index contributed by atoms with van der Waals surface area (Å²) in [5, 5.41) is 14.2. The van der Waals surface area contributed by atoms with Crippen molar-refractivity contribution < 1.29 is 4.79 Å². The van der Waals surface area contributed by atoms with Gasteiger partial charge in [0.1, 0.15) is 0 Å². The summed E-state index contributed by atoms with van der Waals surface area (Å²) in [5.74, 6) is 0.709. The quantitative estimate of drug-likeness (QED) is 0.179. The predicted octanol–water partition coefficient (Wildman–Crippen LogP) is 8.32. The zero-order valence-electron chi connectivity index (χ0n) is 22.2. The van der Waals surface area contributed by atoms with Gasteiger partial charge in [-0.25, -0.2) is 4.98 Å². The van der Waals surface area contributed by atoms with E-state index in [0.29, 0.717) is 26.8 Å². The lowest BCUT2D eigenvalue weighted by molar-refractivity contribution is -0.113. The van der Waals surface area contributed by atoms with E-state index in [1.165, 1.54) is 28.7 Å². The van der Waals surface area contributed by atoms with Gasteiger partial charge in [0.15, 0.2) is 16.1 Å². The first-order chi connectivity index (χ1) is 19.2. The fourth-order valence-electron chi connectivity index (χ4n) is 4.06. The summed E-state index contributed by atoms with van der Waals surface area (Å²) in [4.78, 5) is 18.2. The SMILES string of the molecule is CC(C)(C)c1ccc(-c2nnc(SCC(=O)Nc3ncc(Cc4ccc(Cl)cc4Cl)s3)n2-c2ccccc2)cc1. The minimum atomic E-state index is -0.172. The Labute approximate surface area is 251 Å². The standard InChI is InChI=1S/C30H27Cl2N5OS2/c1-30(2,3)21-12-9-19(10-13-21)27-35-36-29(37(27)23-7-5-4-6-8-23)39-18-26(38)34-28-33-17-24(40-28)15-20-11-14-22(31)16-25(20)32/h4-14,16-17H,15,18H2,1-3H3,(H,33,34,38). The minimum absolute atomic E-state index is 0.0566. The average molecular weight is 609 g/mol. The van der Waals surface area contributed by atoms with E-state index >= 15 is 0 Å². The molecule has 5 rings (SSSR count). The molecule has 0 saturated heterocycles. The van der Waals surface area contributed by atoms with Crippen LogP contribution in [0.1, 0.15) is 36.8 Å². The number of thioether (sulfide) groups is 1. The van der Waals surface area contributed by atoms with Gasteiger partial charge < -0.3 is 5.32 Å². The van der Waals surface area contributed by atoms with Crippen LogP contribution in [-0.2, 0) is 16.6 Å². The molecule has 0 aliphatic rings. The Bertz CT molecular complexity index is 1630. The Morgan fingerprint density at radius 2 is 1.75 bits per heavy atom. The third-order valence-corrected chi connectivity index (χ3v) is 8.60. The van der Waals surface area contributed by atoms with Gasteiger partial charge >= 0.3 is 0 Å². The summed E-state index contributed by atoms with van der Waals surface area (Å²) in [6.45, 7) is 6.57. The van der Waals surface area contributed by atoms with Crippen molar-refractivity contribution in [1.29, 1.82) is 0 Å². The van der Waals surface area contributed by atoms with Crippen LogP contribution in [0, 0.1) is 0 Å². The van der Waals surface area contributed by atoms with E-state index in [0.717, 1.165) is 27.5 Å². The molecule has 204 valence electrons. The third kappa shape index (κ3) is 6.75. The maximum Gasteiger partial charge on any atom is 0.236 e. The highest BCUT2D eigenvalue weighted by Gasteiger charge is 2.19. The molecule has 1 amide bonds. The van der Waals surface area contributed by atoms with Crippen LogP contribution in [0.2, 0.25) is 10.0 Å². The summed E-state index contributed by atoms with van der Waals surface area (Å²) in [6, 6.07) is 23.8. The molecule has 0 bridgehead atoms. The summed E-state index contributed by atoms with van der Waals surface area (Å²) in [5.41, 5.74) is 4.14.